The van der Waals surface area contributed by atoms with Crippen LogP contribution >= 0.6 is 0 Å². The van der Waals surface area contributed by atoms with E-state index in [1.807, 2.05) is 0 Å². The van der Waals surface area contributed by atoms with E-state index in [0.717, 1.165) is 30.7 Å². The van der Waals surface area contributed by atoms with Crippen molar-refractivity contribution in [1.29, 1.82) is 0 Å². The second-order valence-electron chi connectivity index (χ2n) is 6.83. The first-order chi connectivity index (χ1) is 13.7. The number of nitro groups is 1. The zero-order valence-electron chi connectivity index (χ0n) is 15.5. The molecule has 1 saturated heterocycles. The van der Waals surface area contributed by atoms with Crippen LogP contribution in [0.3, 0.4) is 0 Å². The van der Waals surface area contributed by atoms with Crippen molar-refractivity contribution in [1.82, 2.24) is 19.6 Å². The highest BCUT2D eigenvalue weighted by atomic mass is 19.4. The van der Waals surface area contributed by atoms with Crippen LogP contribution in [0.2, 0.25) is 0 Å². The normalized spacial score (nSPS) is 15.9. The lowest BCUT2D eigenvalue weighted by Crippen LogP contribution is -2.37. The van der Waals surface area contributed by atoms with Crippen LogP contribution in [0.4, 0.5) is 19.0 Å². The van der Waals surface area contributed by atoms with Gasteiger partial charge < -0.3 is 15.0 Å². The smallest absolute Gasteiger partial charge is 0.358 e. The van der Waals surface area contributed by atoms with Gasteiger partial charge in [-0.3, -0.25) is 9.69 Å². The summed E-state index contributed by atoms with van der Waals surface area (Å²) in [5.41, 5.74) is 0.106. The standard InChI is InChI=1S/C18H20F3N5O3/c19-18(20,21)15-4-2-14(3-5-15)12-23-7-1-8-24(11-10-23)17(27)13-25-9-6-16(22-25)26(28)29/h2-6,9H,1,7-8,10-13H2. The molecule has 2 aromatic rings. The molecule has 3 rings (SSSR count). The molecule has 156 valence electrons. The van der Waals surface area contributed by atoms with Crippen LogP contribution in [-0.2, 0) is 24.1 Å². The Kier molecular flexibility index (Phi) is 6.16. The van der Waals surface area contributed by atoms with E-state index in [0.29, 0.717) is 26.2 Å². The lowest BCUT2D eigenvalue weighted by Gasteiger charge is -2.22. The minimum Gasteiger partial charge on any atom is -0.358 e. The average molecular weight is 411 g/mol. The summed E-state index contributed by atoms with van der Waals surface area (Å²) in [4.78, 5) is 26.3. The number of alkyl halides is 3. The first-order valence-electron chi connectivity index (χ1n) is 9.06. The lowest BCUT2D eigenvalue weighted by atomic mass is 10.1. The number of amides is 1. The van der Waals surface area contributed by atoms with Crippen molar-refractivity contribution >= 4 is 11.7 Å². The molecule has 0 bridgehead atoms. The van der Waals surface area contributed by atoms with Crippen molar-refractivity contribution in [3.05, 3.63) is 57.8 Å². The summed E-state index contributed by atoms with van der Waals surface area (Å²) >= 11 is 0. The molecular formula is C18H20F3N5O3. The predicted molar refractivity (Wildman–Crippen MR) is 96.8 cm³/mol. The Morgan fingerprint density at radius 2 is 1.83 bits per heavy atom. The van der Waals surface area contributed by atoms with Gasteiger partial charge in [-0.1, -0.05) is 12.1 Å². The van der Waals surface area contributed by atoms with E-state index in [2.05, 4.69) is 10.00 Å². The van der Waals surface area contributed by atoms with Crippen molar-refractivity contribution in [3.63, 3.8) is 0 Å². The molecule has 8 nitrogen and oxygen atoms in total. The van der Waals surface area contributed by atoms with Gasteiger partial charge in [0.25, 0.3) is 0 Å². The number of carbonyl (C=O) groups is 1. The van der Waals surface area contributed by atoms with Crippen molar-refractivity contribution in [3.8, 4) is 0 Å². The number of hydrogen-bond acceptors (Lipinski definition) is 5. The number of benzene rings is 1. The van der Waals surface area contributed by atoms with Gasteiger partial charge in [0.1, 0.15) is 6.54 Å². The predicted octanol–water partition coefficient (Wildman–Crippen LogP) is 2.54. The van der Waals surface area contributed by atoms with Gasteiger partial charge in [0.15, 0.2) is 0 Å². The summed E-state index contributed by atoms with van der Waals surface area (Å²) in [6, 6.07) is 6.34. The summed E-state index contributed by atoms with van der Waals surface area (Å²) in [7, 11) is 0. The van der Waals surface area contributed by atoms with E-state index >= 15 is 0 Å². The Morgan fingerprint density at radius 3 is 2.45 bits per heavy atom. The Hall–Kier alpha value is -2.95. The van der Waals surface area contributed by atoms with Crippen molar-refractivity contribution in [2.75, 3.05) is 26.2 Å². The molecule has 0 atom stereocenters. The molecule has 1 amide bonds. The summed E-state index contributed by atoms with van der Waals surface area (Å²) in [5.74, 6) is -0.490. The summed E-state index contributed by atoms with van der Waals surface area (Å²) in [6.45, 7) is 2.76. The SMILES string of the molecule is O=C(Cn1ccc([N+](=O)[O-])n1)N1CCCN(Cc2ccc(C(F)(F)F)cc2)CC1. The summed E-state index contributed by atoms with van der Waals surface area (Å²) in [5, 5.41) is 14.4. The Morgan fingerprint density at radius 1 is 1.10 bits per heavy atom. The van der Waals surface area contributed by atoms with E-state index in [1.54, 1.807) is 4.90 Å². The fraction of sp³-hybridized carbons (Fsp3) is 0.444. The highest BCUT2D eigenvalue weighted by molar-refractivity contribution is 5.76. The lowest BCUT2D eigenvalue weighted by molar-refractivity contribution is -0.389. The molecule has 1 aromatic heterocycles. The minimum atomic E-state index is -4.35. The number of nitrogens with zero attached hydrogens (tertiary/aromatic N) is 5. The molecule has 2 heterocycles. The zero-order valence-corrected chi connectivity index (χ0v) is 15.5. The highest BCUT2D eigenvalue weighted by Crippen LogP contribution is 2.29. The van der Waals surface area contributed by atoms with Crippen LogP contribution in [-0.4, -0.2) is 56.6 Å². The number of hydrogen-bond donors (Lipinski definition) is 0. The molecule has 0 unspecified atom stereocenters. The molecule has 0 radical (unpaired) electrons. The maximum atomic E-state index is 12.7. The van der Waals surface area contributed by atoms with E-state index < -0.39 is 16.7 Å². The molecule has 0 N–H and O–H groups in total. The summed E-state index contributed by atoms with van der Waals surface area (Å²) in [6.07, 6.45) is -2.23. The minimum absolute atomic E-state index is 0.0766. The van der Waals surface area contributed by atoms with Crippen LogP contribution in [0.15, 0.2) is 36.5 Å². The molecule has 0 saturated carbocycles. The Bertz CT molecular complexity index is 866. The Labute approximate surface area is 164 Å². The van der Waals surface area contributed by atoms with Crippen LogP contribution in [0, 0.1) is 10.1 Å². The van der Waals surface area contributed by atoms with Crippen LogP contribution < -0.4 is 0 Å². The first kappa shape index (κ1) is 20.8. The molecule has 1 aromatic carbocycles. The third kappa shape index (κ3) is 5.53. The van der Waals surface area contributed by atoms with Gasteiger partial charge in [-0.2, -0.15) is 17.9 Å². The number of aromatic nitrogens is 2. The van der Waals surface area contributed by atoms with Crippen LogP contribution in [0.25, 0.3) is 0 Å². The second-order valence-corrected chi connectivity index (χ2v) is 6.83. The van der Waals surface area contributed by atoms with Crippen molar-refractivity contribution in [2.24, 2.45) is 0 Å². The van der Waals surface area contributed by atoms with E-state index in [-0.39, 0.29) is 18.3 Å². The van der Waals surface area contributed by atoms with Crippen molar-refractivity contribution in [2.45, 2.75) is 25.7 Å². The van der Waals surface area contributed by atoms with Crippen molar-refractivity contribution < 1.29 is 22.9 Å². The van der Waals surface area contributed by atoms with Gasteiger partial charge in [-0.25, -0.2) is 0 Å². The van der Waals surface area contributed by atoms with Gasteiger partial charge in [-0.15, -0.1) is 0 Å². The van der Waals surface area contributed by atoms with Gasteiger partial charge in [0.2, 0.25) is 5.91 Å². The molecular weight excluding hydrogens is 391 g/mol. The van der Waals surface area contributed by atoms with Gasteiger partial charge in [0.05, 0.1) is 22.9 Å². The molecule has 1 aliphatic heterocycles. The van der Waals surface area contributed by atoms with Gasteiger partial charge in [0, 0.05) is 32.7 Å². The van der Waals surface area contributed by atoms with Gasteiger partial charge >= 0.3 is 12.0 Å². The van der Waals surface area contributed by atoms with E-state index in [4.69, 9.17) is 0 Å². The number of halogens is 3. The van der Waals surface area contributed by atoms with Crippen LogP contribution in [0.5, 0.6) is 0 Å². The fourth-order valence-electron chi connectivity index (χ4n) is 3.21. The average Bonchev–Trinajstić information content (AvgIpc) is 3.00. The van der Waals surface area contributed by atoms with Crippen LogP contribution in [0.1, 0.15) is 17.5 Å². The number of carbonyl (C=O) groups excluding carboxylic acids is 1. The molecule has 1 aliphatic rings. The molecule has 1 fully saturated rings. The monoisotopic (exact) mass is 411 g/mol. The fourth-order valence-corrected chi connectivity index (χ4v) is 3.21. The van der Waals surface area contributed by atoms with E-state index in [9.17, 15) is 28.1 Å². The maximum Gasteiger partial charge on any atom is 0.416 e. The first-order valence-corrected chi connectivity index (χ1v) is 9.06. The third-order valence-electron chi connectivity index (χ3n) is 4.74. The highest BCUT2D eigenvalue weighted by Gasteiger charge is 2.30. The molecule has 11 heteroatoms. The maximum absolute atomic E-state index is 12.7. The zero-order chi connectivity index (χ0) is 21.0. The van der Waals surface area contributed by atoms with Gasteiger partial charge in [-0.05, 0) is 29.0 Å². The Balaban J connectivity index is 1.53. The van der Waals surface area contributed by atoms with E-state index in [1.165, 1.54) is 29.1 Å². The topological polar surface area (TPSA) is 84.5 Å². The quantitative estimate of drug-likeness (QED) is 0.558. The molecule has 0 spiro atoms. The summed E-state index contributed by atoms with van der Waals surface area (Å²) < 4.78 is 39.2. The largest absolute Gasteiger partial charge is 0.416 e. The molecule has 29 heavy (non-hydrogen) atoms. The third-order valence-corrected chi connectivity index (χ3v) is 4.74. The second kappa shape index (κ2) is 8.60. The molecule has 0 aliphatic carbocycles. The number of rotatable bonds is 5.